The minimum atomic E-state index is -2.82. The molecule has 0 amide bonds. The molecule has 1 aromatic carbocycles. The molecule has 1 heterocycles. The number of carbonyl (C=O) groups is 1. The van der Waals surface area contributed by atoms with Crippen LogP contribution >= 0.6 is 0 Å². The van der Waals surface area contributed by atoms with Crippen LogP contribution in [-0.2, 0) is 4.74 Å². The lowest BCUT2D eigenvalue weighted by Gasteiger charge is -2.39. The Balaban J connectivity index is 2.27. The van der Waals surface area contributed by atoms with Gasteiger partial charge in [0.2, 0.25) is 6.29 Å². The summed E-state index contributed by atoms with van der Waals surface area (Å²) in [6.07, 6.45) is -7.12. The summed E-state index contributed by atoms with van der Waals surface area (Å²) in [6, 6.07) is 3.67. The van der Waals surface area contributed by atoms with Gasteiger partial charge in [0.1, 0.15) is 30.7 Å². The Morgan fingerprint density at radius 3 is 2.68 bits per heavy atom. The summed E-state index contributed by atoms with van der Waals surface area (Å²) in [5, 5.41) is 38.6. The molecule has 0 aromatic heterocycles. The molecule has 1 aliphatic heterocycles. The summed E-state index contributed by atoms with van der Waals surface area (Å²) >= 11 is 0. The maximum absolute atomic E-state index is 10.8. The molecule has 0 saturated carbocycles. The van der Waals surface area contributed by atoms with Gasteiger partial charge in [0.15, 0.2) is 11.5 Å². The van der Waals surface area contributed by atoms with Crippen LogP contribution in [0.15, 0.2) is 18.2 Å². The van der Waals surface area contributed by atoms with Gasteiger partial charge < -0.3 is 34.6 Å². The predicted molar refractivity (Wildman–Crippen MR) is 72.8 cm³/mol. The molecule has 8 nitrogen and oxygen atoms in total. The summed E-state index contributed by atoms with van der Waals surface area (Å²) in [6.45, 7) is -0.645. The normalized spacial score (nSPS) is 34.2. The van der Waals surface area contributed by atoms with E-state index in [0.717, 1.165) is 6.07 Å². The van der Waals surface area contributed by atoms with Gasteiger partial charge in [-0.15, -0.1) is 0 Å². The zero-order chi connectivity index (χ0) is 18.8. The van der Waals surface area contributed by atoms with Gasteiger partial charge in [-0.25, -0.2) is 0 Å². The molecule has 8 heteroatoms. The van der Waals surface area contributed by atoms with Gasteiger partial charge in [-0.05, 0) is 18.2 Å². The third-order valence-corrected chi connectivity index (χ3v) is 3.31. The van der Waals surface area contributed by atoms with Gasteiger partial charge in [-0.3, -0.25) is 4.79 Å². The largest absolute Gasteiger partial charge is 0.493 e. The SMILES string of the molecule is [2H]C([2H])([2H])Oc1cc(C=O)ccc1O[C@@H]1OC(CO)[C@@H](O)[C@H](O)C1O. The number of ether oxygens (including phenoxy) is 3. The average Bonchev–Trinajstić information content (AvgIpc) is 2.55. The van der Waals surface area contributed by atoms with Gasteiger partial charge in [-0.2, -0.15) is 0 Å². The maximum atomic E-state index is 10.8. The van der Waals surface area contributed by atoms with Crippen molar-refractivity contribution in [3.63, 3.8) is 0 Å². The topological polar surface area (TPSA) is 126 Å². The van der Waals surface area contributed by atoms with Crippen LogP contribution < -0.4 is 9.47 Å². The highest BCUT2D eigenvalue weighted by Crippen LogP contribution is 2.31. The molecule has 1 fully saturated rings. The van der Waals surface area contributed by atoms with Gasteiger partial charge in [0, 0.05) is 5.56 Å². The summed E-state index contributed by atoms with van der Waals surface area (Å²) in [5.41, 5.74) is 0.125. The third-order valence-electron chi connectivity index (χ3n) is 3.31. The first-order chi connectivity index (χ1) is 11.7. The van der Waals surface area contributed by atoms with Crippen LogP contribution in [0.3, 0.4) is 0 Å². The lowest BCUT2D eigenvalue weighted by atomic mass is 9.99. The van der Waals surface area contributed by atoms with Crippen LogP contribution in [0.5, 0.6) is 11.5 Å². The molecule has 1 aromatic rings. The number of benzene rings is 1. The fourth-order valence-corrected chi connectivity index (χ4v) is 2.06. The van der Waals surface area contributed by atoms with Crippen molar-refractivity contribution in [2.24, 2.45) is 0 Å². The fraction of sp³-hybridized carbons (Fsp3) is 0.500. The molecular formula is C14H18O8. The number of hydrogen-bond donors (Lipinski definition) is 4. The van der Waals surface area contributed by atoms with Crippen molar-refractivity contribution in [1.29, 1.82) is 0 Å². The van der Waals surface area contributed by atoms with E-state index in [-0.39, 0.29) is 17.1 Å². The van der Waals surface area contributed by atoms with Crippen molar-refractivity contribution in [2.45, 2.75) is 30.7 Å². The number of hydrogen-bond acceptors (Lipinski definition) is 8. The summed E-state index contributed by atoms with van der Waals surface area (Å²) in [7, 11) is -2.82. The molecule has 5 atom stereocenters. The van der Waals surface area contributed by atoms with Crippen molar-refractivity contribution in [1.82, 2.24) is 0 Å². The van der Waals surface area contributed by atoms with E-state index in [0.29, 0.717) is 6.29 Å². The van der Waals surface area contributed by atoms with E-state index in [1.165, 1.54) is 12.1 Å². The number of aliphatic hydroxyl groups excluding tert-OH is 4. The molecule has 1 saturated heterocycles. The summed E-state index contributed by atoms with van der Waals surface area (Å²) in [4.78, 5) is 10.8. The Kier molecular flexibility index (Phi) is 4.09. The Hall–Kier alpha value is -1.71. The lowest BCUT2D eigenvalue weighted by molar-refractivity contribution is -0.277. The second kappa shape index (κ2) is 7.03. The van der Waals surface area contributed by atoms with Gasteiger partial charge >= 0.3 is 0 Å². The van der Waals surface area contributed by atoms with Crippen LogP contribution in [0.25, 0.3) is 0 Å². The van der Waals surface area contributed by atoms with E-state index in [9.17, 15) is 20.1 Å². The molecule has 2 unspecified atom stereocenters. The first-order valence-electron chi connectivity index (χ1n) is 7.91. The van der Waals surface area contributed by atoms with Crippen LogP contribution in [0.2, 0.25) is 0 Å². The standard InChI is InChI=1S/C14H18O8/c1-20-9-4-7(5-15)2-3-8(9)21-14-13(19)12(18)11(17)10(6-16)22-14/h2-5,10-14,16-19H,6H2,1H3/t10?,11-,12+,13?,14-/m1/s1/i1D3. The van der Waals surface area contributed by atoms with E-state index in [1.54, 1.807) is 0 Å². The molecule has 0 spiro atoms. The van der Waals surface area contributed by atoms with E-state index in [2.05, 4.69) is 0 Å². The van der Waals surface area contributed by atoms with Crippen molar-refractivity contribution < 1.29 is 43.5 Å². The average molecular weight is 317 g/mol. The minimum Gasteiger partial charge on any atom is -0.493 e. The van der Waals surface area contributed by atoms with Gasteiger partial charge in [0.05, 0.1) is 17.8 Å². The molecule has 122 valence electrons. The van der Waals surface area contributed by atoms with E-state index in [4.69, 9.17) is 23.4 Å². The highest BCUT2D eigenvalue weighted by atomic mass is 16.7. The molecule has 1 aliphatic rings. The Morgan fingerprint density at radius 2 is 2.05 bits per heavy atom. The van der Waals surface area contributed by atoms with E-state index < -0.39 is 44.4 Å². The van der Waals surface area contributed by atoms with Crippen LogP contribution in [0.4, 0.5) is 0 Å². The zero-order valence-electron chi connectivity index (χ0n) is 14.3. The number of aldehydes is 1. The third kappa shape index (κ3) is 3.21. The molecular weight excluding hydrogens is 296 g/mol. The second-order valence-corrected chi connectivity index (χ2v) is 4.74. The predicted octanol–water partition coefficient (Wildman–Crippen LogP) is -1.31. The van der Waals surface area contributed by atoms with Crippen molar-refractivity contribution in [3.8, 4) is 11.5 Å². The molecule has 22 heavy (non-hydrogen) atoms. The van der Waals surface area contributed by atoms with Crippen LogP contribution in [0.1, 0.15) is 14.5 Å². The van der Waals surface area contributed by atoms with Crippen LogP contribution in [0, 0.1) is 0 Å². The van der Waals surface area contributed by atoms with E-state index in [1.807, 2.05) is 0 Å². The smallest absolute Gasteiger partial charge is 0.229 e. The van der Waals surface area contributed by atoms with Gasteiger partial charge in [0.25, 0.3) is 0 Å². The van der Waals surface area contributed by atoms with Crippen molar-refractivity contribution >= 4 is 6.29 Å². The van der Waals surface area contributed by atoms with Crippen molar-refractivity contribution in [3.05, 3.63) is 23.8 Å². The second-order valence-electron chi connectivity index (χ2n) is 4.74. The summed E-state index contributed by atoms with van der Waals surface area (Å²) < 4.78 is 36.8. The van der Waals surface area contributed by atoms with Gasteiger partial charge in [-0.1, -0.05) is 0 Å². The van der Waals surface area contributed by atoms with E-state index >= 15 is 0 Å². The summed E-state index contributed by atoms with van der Waals surface area (Å²) in [5.74, 6) is -0.479. The maximum Gasteiger partial charge on any atom is 0.229 e. The lowest BCUT2D eigenvalue weighted by Crippen LogP contribution is -2.60. The zero-order valence-corrected chi connectivity index (χ0v) is 11.3. The number of methoxy groups -OCH3 is 1. The fourth-order valence-electron chi connectivity index (χ4n) is 2.06. The van der Waals surface area contributed by atoms with Crippen molar-refractivity contribution in [2.75, 3.05) is 13.6 Å². The minimum absolute atomic E-state index is 0.125. The molecule has 2 rings (SSSR count). The first-order valence-corrected chi connectivity index (χ1v) is 6.41. The Morgan fingerprint density at radius 1 is 1.27 bits per heavy atom. The molecule has 0 radical (unpaired) electrons. The Bertz CT molecular complexity index is 606. The monoisotopic (exact) mass is 317 g/mol. The first kappa shape index (κ1) is 12.8. The number of carbonyl (C=O) groups excluding carboxylic acids is 1. The van der Waals surface area contributed by atoms with Crippen LogP contribution in [-0.4, -0.2) is 71.1 Å². The molecule has 4 N–H and O–H groups in total. The molecule has 0 bridgehead atoms. The highest BCUT2D eigenvalue weighted by molar-refractivity contribution is 5.76. The molecule has 0 aliphatic carbocycles. The number of rotatable bonds is 5. The highest BCUT2D eigenvalue weighted by Gasteiger charge is 2.44. The Labute approximate surface area is 130 Å². The quantitative estimate of drug-likeness (QED) is 0.493. The number of aliphatic hydroxyl groups is 4.